The molecule has 1 amide bonds. The van der Waals surface area contributed by atoms with Gasteiger partial charge in [0, 0.05) is 45.4 Å². The van der Waals surface area contributed by atoms with Crippen molar-refractivity contribution in [3.05, 3.63) is 0 Å². The predicted molar refractivity (Wildman–Crippen MR) is 91.9 cm³/mol. The van der Waals surface area contributed by atoms with E-state index >= 15 is 0 Å². The minimum Gasteiger partial charge on any atom is -0.381 e. The zero-order valence-electron chi connectivity index (χ0n) is 13.2. The topological polar surface area (TPSA) is 58.8 Å². The lowest BCUT2D eigenvalue weighted by atomic mass is 9.89. The quantitative estimate of drug-likeness (QED) is 0.815. The van der Waals surface area contributed by atoms with Gasteiger partial charge in [-0.3, -0.25) is 9.69 Å². The van der Waals surface area contributed by atoms with Crippen LogP contribution in [0, 0.1) is 0 Å². The minimum atomic E-state index is -0.673. The SMILES string of the molecule is Cl.Cl.NC1(C(=O)N2CCN(C3CCCC3)CC2)CCOCC1. The molecule has 2 saturated heterocycles. The molecule has 0 aromatic heterocycles. The van der Waals surface area contributed by atoms with Gasteiger partial charge >= 0.3 is 0 Å². The number of carbonyl (C=O) groups excluding carboxylic acids is 1. The summed E-state index contributed by atoms with van der Waals surface area (Å²) < 4.78 is 5.33. The van der Waals surface area contributed by atoms with Crippen LogP contribution in [0.2, 0.25) is 0 Å². The van der Waals surface area contributed by atoms with E-state index in [9.17, 15) is 4.79 Å². The summed E-state index contributed by atoms with van der Waals surface area (Å²) in [5.74, 6) is 0.145. The van der Waals surface area contributed by atoms with Crippen LogP contribution in [0.4, 0.5) is 0 Å². The molecule has 3 aliphatic rings. The summed E-state index contributed by atoms with van der Waals surface area (Å²) in [6.45, 7) is 4.95. The highest BCUT2D eigenvalue weighted by molar-refractivity contribution is 5.86. The van der Waals surface area contributed by atoms with E-state index in [0.29, 0.717) is 26.1 Å². The van der Waals surface area contributed by atoms with E-state index in [4.69, 9.17) is 10.5 Å². The van der Waals surface area contributed by atoms with E-state index in [0.717, 1.165) is 32.2 Å². The Morgan fingerprint density at radius 1 is 1.00 bits per heavy atom. The lowest BCUT2D eigenvalue weighted by Gasteiger charge is -2.42. The number of hydrogen-bond donors (Lipinski definition) is 1. The highest BCUT2D eigenvalue weighted by atomic mass is 35.5. The maximum Gasteiger partial charge on any atom is 0.242 e. The molecule has 0 unspecified atom stereocenters. The number of hydrogen-bond acceptors (Lipinski definition) is 4. The molecule has 0 spiro atoms. The zero-order chi connectivity index (χ0) is 14.0. The number of halogens is 2. The Morgan fingerprint density at radius 3 is 2.09 bits per heavy atom. The van der Waals surface area contributed by atoms with E-state index in [2.05, 4.69) is 4.90 Å². The van der Waals surface area contributed by atoms with Crippen LogP contribution in [0.1, 0.15) is 38.5 Å². The van der Waals surface area contributed by atoms with Gasteiger partial charge in [0.05, 0.1) is 5.54 Å². The van der Waals surface area contributed by atoms with Gasteiger partial charge in [-0.25, -0.2) is 0 Å². The third-order valence-corrected chi connectivity index (χ3v) is 5.25. The molecule has 22 heavy (non-hydrogen) atoms. The van der Waals surface area contributed by atoms with Crippen molar-refractivity contribution in [2.24, 2.45) is 5.73 Å². The van der Waals surface area contributed by atoms with Gasteiger partial charge in [-0.15, -0.1) is 24.8 Å². The molecule has 0 radical (unpaired) electrons. The Bertz CT molecular complexity index is 351. The number of nitrogens with zero attached hydrogens (tertiary/aromatic N) is 2. The number of nitrogens with two attached hydrogens (primary N) is 1. The Kier molecular flexibility index (Phi) is 7.89. The standard InChI is InChI=1S/C15H27N3O2.2ClH/c16-15(5-11-20-12-6-15)14(19)18-9-7-17(8-10-18)13-3-1-2-4-13;;/h13H,1-12,16H2;2*1H. The second kappa shape index (κ2) is 8.69. The van der Waals surface area contributed by atoms with Crippen LogP contribution in [0.25, 0.3) is 0 Å². The van der Waals surface area contributed by atoms with Crippen LogP contribution in [0.15, 0.2) is 0 Å². The average molecular weight is 354 g/mol. The van der Waals surface area contributed by atoms with Crippen LogP contribution in [0.5, 0.6) is 0 Å². The normalized spacial score (nSPS) is 26.1. The summed E-state index contributed by atoms with van der Waals surface area (Å²) in [5.41, 5.74) is 5.63. The summed E-state index contributed by atoms with van der Waals surface area (Å²) in [5, 5.41) is 0. The maximum absolute atomic E-state index is 12.6. The summed E-state index contributed by atoms with van der Waals surface area (Å²) in [7, 11) is 0. The third-order valence-electron chi connectivity index (χ3n) is 5.25. The fourth-order valence-corrected chi connectivity index (χ4v) is 3.82. The molecule has 1 aliphatic carbocycles. The van der Waals surface area contributed by atoms with Crippen molar-refractivity contribution in [3.8, 4) is 0 Å². The summed E-state index contributed by atoms with van der Waals surface area (Å²) in [4.78, 5) is 17.2. The summed E-state index contributed by atoms with van der Waals surface area (Å²) in [6.07, 6.45) is 6.74. The monoisotopic (exact) mass is 353 g/mol. The fourth-order valence-electron chi connectivity index (χ4n) is 3.82. The molecule has 2 aliphatic heterocycles. The number of piperazine rings is 1. The molecule has 0 aromatic carbocycles. The second-order valence-electron chi connectivity index (χ2n) is 6.53. The summed E-state index contributed by atoms with van der Waals surface area (Å²) in [6, 6.07) is 0.766. The van der Waals surface area contributed by atoms with Crippen molar-refractivity contribution in [2.45, 2.75) is 50.1 Å². The van der Waals surface area contributed by atoms with Gasteiger partial charge in [0.25, 0.3) is 0 Å². The highest BCUT2D eigenvalue weighted by Gasteiger charge is 2.40. The molecular formula is C15H29Cl2N3O2. The molecule has 3 fully saturated rings. The van der Waals surface area contributed by atoms with Gasteiger partial charge in [0.1, 0.15) is 0 Å². The fraction of sp³-hybridized carbons (Fsp3) is 0.933. The van der Waals surface area contributed by atoms with Gasteiger partial charge in [-0.2, -0.15) is 0 Å². The Morgan fingerprint density at radius 2 is 1.55 bits per heavy atom. The Balaban J connectivity index is 0.00000121. The highest BCUT2D eigenvalue weighted by Crippen LogP contribution is 2.26. The van der Waals surface area contributed by atoms with Crippen molar-refractivity contribution in [2.75, 3.05) is 39.4 Å². The molecule has 130 valence electrons. The molecule has 0 bridgehead atoms. The first-order chi connectivity index (χ1) is 9.69. The predicted octanol–water partition coefficient (Wildman–Crippen LogP) is 1.42. The number of amides is 1. The second-order valence-corrected chi connectivity index (χ2v) is 6.53. The molecular weight excluding hydrogens is 325 g/mol. The number of carbonyl (C=O) groups is 1. The van der Waals surface area contributed by atoms with Crippen molar-refractivity contribution in [3.63, 3.8) is 0 Å². The van der Waals surface area contributed by atoms with E-state index < -0.39 is 5.54 Å². The van der Waals surface area contributed by atoms with Crippen molar-refractivity contribution in [1.29, 1.82) is 0 Å². The van der Waals surface area contributed by atoms with Gasteiger partial charge in [0.2, 0.25) is 5.91 Å². The molecule has 2 heterocycles. The van der Waals surface area contributed by atoms with Crippen molar-refractivity contribution < 1.29 is 9.53 Å². The van der Waals surface area contributed by atoms with E-state index in [1.54, 1.807) is 0 Å². The number of rotatable bonds is 2. The third kappa shape index (κ3) is 4.26. The first-order valence-corrected chi connectivity index (χ1v) is 8.09. The van der Waals surface area contributed by atoms with Crippen LogP contribution in [0.3, 0.4) is 0 Å². The molecule has 2 N–H and O–H groups in total. The van der Waals surface area contributed by atoms with E-state index in [-0.39, 0.29) is 30.7 Å². The smallest absolute Gasteiger partial charge is 0.242 e. The zero-order valence-corrected chi connectivity index (χ0v) is 14.8. The number of ether oxygens (including phenoxy) is 1. The van der Waals surface area contributed by atoms with Gasteiger partial charge in [-0.05, 0) is 25.7 Å². The van der Waals surface area contributed by atoms with Crippen LogP contribution in [-0.4, -0.2) is 66.7 Å². The molecule has 0 atom stereocenters. The van der Waals surface area contributed by atoms with E-state index in [1.807, 2.05) is 4.90 Å². The van der Waals surface area contributed by atoms with Crippen molar-refractivity contribution >= 4 is 30.7 Å². The van der Waals surface area contributed by atoms with E-state index in [1.165, 1.54) is 25.7 Å². The average Bonchev–Trinajstić information content (AvgIpc) is 3.02. The Labute approximate surface area is 145 Å². The van der Waals surface area contributed by atoms with Gasteiger partial charge in [-0.1, -0.05) is 12.8 Å². The van der Waals surface area contributed by atoms with Crippen LogP contribution in [-0.2, 0) is 9.53 Å². The molecule has 7 heteroatoms. The van der Waals surface area contributed by atoms with Gasteiger partial charge < -0.3 is 15.4 Å². The first kappa shape index (κ1) is 20.0. The Hall–Kier alpha value is -0.0700. The maximum atomic E-state index is 12.6. The first-order valence-electron chi connectivity index (χ1n) is 8.09. The molecule has 1 saturated carbocycles. The molecule has 0 aromatic rings. The largest absolute Gasteiger partial charge is 0.381 e. The molecule has 5 nitrogen and oxygen atoms in total. The molecule has 3 rings (SSSR count). The van der Waals surface area contributed by atoms with Gasteiger partial charge in [0.15, 0.2) is 0 Å². The lowest BCUT2D eigenvalue weighted by Crippen LogP contribution is -2.61. The minimum absolute atomic E-state index is 0. The lowest BCUT2D eigenvalue weighted by molar-refractivity contribution is -0.142. The summed E-state index contributed by atoms with van der Waals surface area (Å²) >= 11 is 0. The van der Waals surface area contributed by atoms with Crippen LogP contribution >= 0.6 is 24.8 Å². The van der Waals surface area contributed by atoms with Crippen molar-refractivity contribution in [1.82, 2.24) is 9.80 Å². The van der Waals surface area contributed by atoms with Crippen LogP contribution < -0.4 is 5.73 Å².